The zero-order chi connectivity index (χ0) is 23.1. The van der Waals surface area contributed by atoms with Crippen molar-refractivity contribution in [3.63, 3.8) is 0 Å². The maximum atomic E-state index is 12.6. The predicted octanol–water partition coefficient (Wildman–Crippen LogP) is 2.52. The van der Waals surface area contributed by atoms with Gasteiger partial charge < -0.3 is 15.0 Å². The number of amides is 2. The summed E-state index contributed by atoms with van der Waals surface area (Å²) in [5.41, 5.74) is 1.83. The van der Waals surface area contributed by atoms with Crippen molar-refractivity contribution >= 4 is 21.7 Å². The summed E-state index contributed by atoms with van der Waals surface area (Å²) in [4.78, 5) is 27.0. The number of benzene rings is 2. The standard InChI is InChI=1S/C24H30N2O5S/c1-18-7-9-21(10-8-18)32(29,30)16-13-23(27)25-20-11-14-26(15-12-20)24(28)17-19-5-3-4-6-22(19)31-2/h3-10,20H,11-17H2,1-2H3,(H,25,27). The van der Waals surface area contributed by atoms with Gasteiger partial charge in [-0.3, -0.25) is 9.59 Å². The highest BCUT2D eigenvalue weighted by Crippen LogP contribution is 2.20. The number of likely N-dealkylation sites (tertiary alicyclic amines) is 1. The molecule has 8 heteroatoms. The summed E-state index contributed by atoms with van der Waals surface area (Å²) < 4.78 is 30.2. The Labute approximate surface area is 189 Å². The number of ether oxygens (including phenoxy) is 1. The molecule has 1 aliphatic heterocycles. The summed E-state index contributed by atoms with van der Waals surface area (Å²) in [6.45, 7) is 3.00. The molecule has 2 aromatic rings. The molecule has 1 saturated heterocycles. The Hall–Kier alpha value is -2.87. The number of hydrogen-bond donors (Lipinski definition) is 1. The van der Waals surface area contributed by atoms with Crippen LogP contribution in [0.15, 0.2) is 53.4 Å². The van der Waals surface area contributed by atoms with Crippen LogP contribution in [-0.4, -0.2) is 57.1 Å². The zero-order valence-electron chi connectivity index (χ0n) is 18.5. The van der Waals surface area contributed by atoms with Gasteiger partial charge in [-0.15, -0.1) is 0 Å². The summed E-state index contributed by atoms with van der Waals surface area (Å²) in [5, 5.41) is 2.92. The van der Waals surface area contributed by atoms with Crippen LogP contribution in [0.1, 0.15) is 30.4 Å². The SMILES string of the molecule is COc1ccccc1CC(=O)N1CCC(NC(=O)CCS(=O)(=O)c2ccc(C)cc2)CC1. The van der Waals surface area contributed by atoms with Crippen LogP contribution in [-0.2, 0) is 25.8 Å². The van der Waals surface area contributed by atoms with E-state index in [0.717, 1.165) is 11.1 Å². The summed E-state index contributed by atoms with van der Waals surface area (Å²) >= 11 is 0. The molecule has 0 atom stereocenters. The highest BCUT2D eigenvalue weighted by molar-refractivity contribution is 7.91. The van der Waals surface area contributed by atoms with Gasteiger partial charge in [-0.05, 0) is 38.0 Å². The number of para-hydroxylation sites is 1. The maximum Gasteiger partial charge on any atom is 0.227 e. The van der Waals surface area contributed by atoms with E-state index in [1.54, 1.807) is 36.3 Å². The molecule has 1 N–H and O–H groups in total. The van der Waals surface area contributed by atoms with E-state index in [2.05, 4.69) is 5.32 Å². The Morgan fingerprint density at radius 3 is 2.38 bits per heavy atom. The molecule has 0 bridgehead atoms. The van der Waals surface area contributed by atoms with Gasteiger partial charge in [0.15, 0.2) is 9.84 Å². The number of piperidine rings is 1. The minimum atomic E-state index is -3.49. The molecule has 0 spiro atoms. The van der Waals surface area contributed by atoms with Crippen molar-refractivity contribution in [3.05, 3.63) is 59.7 Å². The third kappa shape index (κ3) is 6.32. The molecule has 2 aromatic carbocycles. The lowest BCUT2D eigenvalue weighted by Crippen LogP contribution is -2.47. The van der Waals surface area contributed by atoms with Crippen LogP contribution in [0.25, 0.3) is 0 Å². The highest BCUT2D eigenvalue weighted by Gasteiger charge is 2.25. The molecule has 1 fully saturated rings. The molecule has 7 nitrogen and oxygen atoms in total. The summed E-state index contributed by atoms with van der Waals surface area (Å²) in [7, 11) is -1.91. The van der Waals surface area contributed by atoms with Crippen molar-refractivity contribution in [2.45, 2.75) is 43.5 Å². The molecule has 0 aliphatic carbocycles. The van der Waals surface area contributed by atoms with Crippen LogP contribution in [0.4, 0.5) is 0 Å². The number of rotatable bonds is 8. The molecule has 3 rings (SSSR count). The first-order valence-electron chi connectivity index (χ1n) is 10.8. The van der Waals surface area contributed by atoms with Crippen LogP contribution >= 0.6 is 0 Å². The molecule has 0 saturated carbocycles. The Morgan fingerprint density at radius 2 is 1.72 bits per heavy atom. The lowest BCUT2D eigenvalue weighted by Gasteiger charge is -2.32. The van der Waals surface area contributed by atoms with Gasteiger partial charge in [0.05, 0.1) is 24.2 Å². The first-order valence-corrected chi connectivity index (χ1v) is 12.4. The van der Waals surface area contributed by atoms with E-state index in [0.29, 0.717) is 31.7 Å². The van der Waals surface area contributed by atoms with E-state index in [1.165, 1.54) is 0 Å². The summed E-state index contributed by atoms with van der Waals surface area (Å²) in [6.07, 6.45) is 1.49. The number of nitrogens with one attached hydrogen (secondary N) is 1. The summed E-state index contributed by atoms with van der Waals surface area (Å²) in [5.74, 6) is 0.226. The topological polar surface area (TPSA) is 92.8 Å². The highest BCUT2D eigenvalue weighted by atomic mass is 32.2. The fourth-order valence-electron chi connectivity index (χ4n) is 3.79. The second kappa shape index (κ2) is 10.6. The number of hydrogen-bond acceptors (Lipinski definition) is 5. The van der Waals surface area contributed by atoms with Gasteiger partial charge in [0, 0.05) is 31.1 Å². The number of aryl methyl sites for hydroxylation is 1. The quantitative estimate of drug-likeness (QED) is 0.656. The first-order chi connectivity index (χ1) is 15.3. The Morgan fingerprint density at radius 1 is 1.06 bits per heavy atom. The molecule has 0 unspecified atom stereocenters. The summed E-state index contributed by atoms with van der Waals surface area (Å²) in [6, 6.07) is 14.0. The van der Waals surface area contributed by atoms with E-state index in [1.807, 2.05) is 31.2 Å². The van der Waals surface area contributed by atoms with Gasteiger partial charge in [0.1, 0.15) is 5.75 Å². The molecule has 1 aliphatic rings. The zero-order valence-corrected chi connectivity index (χ0v) is 19.4. The van der Waals surface area contributed by atoms with Gasteiger partial charge in [0.2, 0.25) is 11.8 Å². The largest absolute Gasteiger partial charge is 0.496 e. The van der Waals surface area contributed by atoms with Crippen molar-refractivity contribution in [2.24, 2.45) is 0 Å². The Balaban J connectivity index is 1.43. The van der Waals surface area contributed by atoms with E-state index in [9.17, 15) is 18.0 Å². The van der Waals surface area contributed by atoms with Gasteiger partial charge in [-0.1, -0.05) is 35.9 Å². The van der Waals surface area contributed by atoms with Gasteiger partial charge in [-0.25, -0.2) is 8.42 Å². The van der Waals surface area contributed by atoms with Crippen LogP contribution in [0.3, 0.4) is 0 Å². The average molecular weight is 459 g/mol. The van der Waals surface area contributed by atoms with Crippen molar-refractivity contribution in [3.8, 4) is 5.75 Å². The fraction of sp³-hybridized carbons (Fsp3) is 0.417. The number of carbonyl (C=O) groups is 2. The second-order valence-corrected chi connectivity index (χ2v) is 10.2. The number of methoxy groups -OCH3 is 1. The Bertz CT molecular complexity index is 1040. The monoisotopic (exact) mass is 458 g/mol. The number of sulfone groups is 1. The minimum absolute atomic E-state index is 0.0310. The Kier molecular flexibility index (Phi) is 7.90. The number of carbonyl (C=O) groups excluding carboxylic acids is 2. The molecule has 0 aromatic heterocycles. The molecular formula is C24H30N2O5S. The first kappa shape index (κ1) is 23.8. The van der Waals surface area contributed by atoms with Crippen LogP contribution in [0.2, 0.25) is 0 Å². The van der Waals surface area contributed by atoms with E-state index in [-0.39, 0.29) is 41.3 Å². The molecule has 32 heavy (non-hydrogen) atoms. The maximum absolute atomic E-state index is 12.6. The molecule has 1 heterocycles. The lowest BCUT2D eigenvalue weighted by molar-refractivity contribution is -0.131. The lowest BCUT2D eigenvalue weighted by atomic mass is 10.0. The number of nitrogens with zero attached hydrogens (tertiary/aromatic N) is 1. The van der Waals surface area contributed by atoms with Crippen molar-refractivity contribution in [1.82, 2.24) is 10.2 Å². The molecule has 2 amide bonds. The van der Waals surface area contributed by atoms with Crippen molar-refractivity contribution in [1.29, 1.82) is 0 Å². The van der Waals surface area contributed by atoms with E-state index >= 15 is 0 Å². The third-order valence-corrected chi connectivity index (χ3v) is 7.46. The van der Waals surface area contributed by atoms with Gasteiger partial charge in [-0.2, -0.15) is 0 Å². The van der Waals surface area contributed by atoms with E-state index in [4.69, 9.17) is 4.74 Å². The molecule has 172 valence electrons. The third-order valence-electron chi connectivity index (χ3n) is 5.72. The van der Waals surface area contributed by atoms with E-state index < -0.39 is 9.84 Å². The van der Waals surface area contributed by atoms with Gasteiger partial charge in [0.25, 0.3) is 0 Å². The normalized spacial score (nSPS) is 14.8. The smallest absolute Gasteiger partial charge is 0.227 e. The molecular weight excluding hydrogens is 428 g/mol. The minimum Gasteiger partial charge on any atom is -0.496 e. The van der Waals surface area contributed by atoms with Crippen molar-refractivity contribution in [2.75, 3.05) is 26.0 Å². The molecule has 0 radical (unpaired) electrons. The average Bonchev–Trinajstić information content (AvgIpc) is 2.79. The predicted molar refractivity (Wildman–Crippen MR) is 122 cm³/mol. The van der Waals surface area contributed by atoms with Crippen molar-refractivity contribution < 1.29 is 22.7 Å². The second-order valence-electron chi connectivity index (χ2n) is 8.09. The van der Waals surface area contributed by atoms with Gasteiger partial charge >= 0.3 is 0 Å². The van der Waals surface area contributed by atoms with Crippen LogP contribution in [0.5, 0.6) is 5.75 Å². The van der Waals surface area contributed by atoms with Crippen LogP contribution in [0, 0.1) is 6.92 Å². The van der Waals surface area contributed by atoms with Crippen LogP contribution < -0.4 is 10.1 Å². The fourth-order valence-corrected chi connectivity index (χ4v) is 5.03.